The Labute approximate surface area is 439 Å². The third-order valence-corrected chi connectivity index (χ3v) is 12.6. The minimum absolute atomic E-state index is 0.00566. The average Bonchev–Trinajstić information content (AvgIpc) is 3.47. The van der Waals surface area contributed by atoms with Gasteiger partial charge in [-0.3, -0.25) is 0 Å². The smallest absolute Gasteiger partial charge is 0.338 e. The number of benzene rings is 7. The van der Waals surface area contributed by atoms with Crippen molar-refractivity contribution < 1.29 is 71.7 Å². The van der Waals surface area contributed by atoms with Crippen molar-refractivity contribution in [1.82, 2.24) is 0 Å². The number of aliphatic hydroxyl groups is 1. The molecule has 10 atom stereocenters. The zero-order chi connectivity index (χ0) is 52.5. The van der Waals surface area contributed by atoms with Crippen molar-refractivity contribution in [2.45, 2.75) is 81.2 Å². The molecule has 7 aromatic rings. The Bertz CT molecular complexity index is 2900. The molecule has 0 spiro atoms. The molecule has 2 saturated heterocycles. The summed E-state index contributed by atoms with van der Waals surface area (Å²) < 4.78 is 64.4. The van der Waals surface area contributed by atoms with Crippen LogP contribution in [0.15, 0.2) is 212 Å². The molecule has 0 saturated carbocycles. The van der Waals surface area contributed by atoms with Gasteiger partial charge in [0.25, 0.3) is 0 Å². The summed E-state index contributed by atoms with van der Waals surface area (Å²) in [6.07, 6.45) is -15.0. The van der Waals surface area contributed by atoms with E-state index in [1.165, 1.54) is 36.4 Å². The van der Waals surface area contributed by atoms with Gasteiger partial charge in [0.05, 0.1) is 48.7 Å². The number of hydrogen-bond acceptors (Lipinski definition) is 15. The minimum atomic E-state index is -1.82. The largest absolute Gasteiger partial charge is 0.459 e. The van der Waals surface area contributed by atoms with Crippen LogP contribution in [0.2, 0.25) is 0 Å². The van der Waals surface area contributed by atoms with E-state index in [4.69, 9.17) is 47.4 Å². The van der Waals surface area contributed by atoms with E-state index < -0.39 is 91.9 Å². The molecule has 2 aliphatic heterocycles. The Balaban J connectivity index is 1.12. The minimum Gasteiger partial charge on any atom is -0.459 e. The third kappa shape index (κ3) is 14.1. The first-order valence-electron chi connectivity index (χ1n) is 24.8. The highest BCUT2D eigenvalue weighted by Crippen LogP contribution is 2.36. The van der Waals surface area contributed by atoms with Gasteiger partial charge in [-0.2, -0.15) is 0 Å². The lowest BCUT2D eigenvalue weighted by atomic mass is 9.96. The van der Waals surface area contributed by atoms with Crippen LogP contribution in [0.5, 0.6) is 0 Å². The van der Waals surface area contributed by atoms with E-state index in [1.54, 1.807) is 84.9 Å². The first-order valence-corrected chi connectivity index (χ1v) is 24.8. The Morgan fingerprint density at radius 1 is 0.368 bits per heavy atom. The van der Waals surface area contributed by atoms with Crippen LogP contribution in [0.25, 0.3) is 0 Å². The summed E-state index contributed by atoms with van der Waals surface area (Å²) >= 11 is 0. The van der Waals surface area contributed by atoms with Gasteiger partial charge in [-0.1, -0.05) is 164 Å². The van der Waals surface area contributed by atoms with Gasteiger partial charge < -0.3 is 52.5 Å². The van der Waals surface area contributed by atoms with Gasteiger partial charge in [0, 0.05) is 0 Å². The van der Waals surface area contributed by atoms with Crippen LogP contribution in [-0.2, 0) is 67.2 Å². The lowest BCUT2D eigenvalue weighted by Gasteiger charge is -2.48. The van der Waals surface area contributed by atoms with Crippen LogP contribution in [0.4, 0.5) is 0 Å². The number of aliphatic hydroxyl groups excluding tert-OH is 1. The van der Waals surface area contributed by atoms with Gasteiger partial charge in [0.2, 0.25) is 0 Å². The second-order valence-corrected chi connectivity index (χ2v) is 17.9. The Morgan fingerprint density at radius 3 is 1.20 bits per heavy atom. The summed E-state index contributed by atoms with van der Waals surface area (Å²) in [5.74, 6) is -3.42. The molecule has 15 nitrogen and oxygen atoms in total. The molecule has 0 aromatic heterocycles. The molecule has 9 rings (SSSR count). The van der Waals surface area contributed by atoms with Gasteiger partial charge in [0.15, 0.2) is 30.9 Å². The maximum Gasteiger partial charge on any atom is 0.338 e. The molecule has 2 fully saturated rings. The molecule has 0 unspecified atom stereocenters. The topological polar surface area (TPSA) is 181 Å². The number of ether oxygens (including phenoxy) is 10. The Kier molecular flexibility index (Phi) is 18.5. The second-order valence-electron chi connectivity index (χ2n) is 17.9. The summed E-state index contributed by atoms with van der Waals surface area (Å²) in [5, 5.41) is 12.3. The molecule has 2 aliphatic rings. The lowest BCUT2D eigenvalue weighted by Crippen LogP contribution is -2.66. The number of hydrogen-bond donors (Lipinski definition) is 1. The fraction of sp³-hybridized carbons (Fsp3) is 0.246. The summed E-state index contributed by atoms with van der Waals surface area (Å²) in [6.45, 7) is -0.360. The summed E-state index contributed by atoms with van der Waals surface area (Å²) in [4.78, 5) is 56.6. The molecule has 76 heavy (non-hydrogen) atoms. The van der Waals surface area contributed by atoms with Crippen molar-refractivity contribution >= 4 is 23.9 Å². The van der Waals surface area contributed by atoms with Crippen molar-refractivity contribution in [3.05, 3.63) is 251 Å². The highest BCUT2D eigenvalue weighted by molar-refractivity contribution is 5.91. The number of carbonyl (C=O) groups is 4. The first kappa shape index (κ1) is 53.0. The highest BCUT2D eigenvalue weighted by Gasteiger charge is 2.57. The molecule has 7 aromatic carbocycles. The summed E-state index contributed by atoms with van der Waals surface area (Å²) in [7, 11) is 0. The highest BCUT2D eigenvalue weighted by atomic mass is 16.8. The van der Waals surface area contributed by atoms with E-state index in [1.807, 2.05) is 91.0 Å². The number of rotatable bonds is 21. The fourth-order valence-corrected chi connectivity index (χ4v) is 8.76. The number of carbonyl (C=O) groups excluding carboxylic acids is 4. The normalized spacial score (nSPS) is 23.1. The van der Waals surface area contributed by atoms with Crippen molar-refractivity contribution in [2.24, 2.45) is 0 Å². The predicted octanol–water partition coefficient (Wildman–Crippen LogP) is 8.74. The van der Waals surface area contributed by atoms with Crippen LogP contribution in [0, 0.1) is 0 Å². The quantitative estimate of drug-likeness (QED) is 0.0533. The van der Waals surface area contributed by atoms with E-state index in [-0.39, 0.29) is 48.7 Å². The van der Waals surface area contributed by atoms with Crippen LogP contribution < -0.4 is 0 Å². The van der Waals surface area contributed by atoms with Gasteiger partial charge in [-0.25, -0.2) is 19.2 Å². The first-order chi connectivity index (χ1) is 37.3. The van der Waals surface area contributed by atoms with Crippen LogP contribution in [-0.4, -0.2) is 104 Å². The molecule has 0 radical (unpaired) electrons. The molecule has 0 aliphatic carbocycles. The molecular formula is C61H56O15. The Hall–Kier alpha value is -7.86. The van der Waals surface area contributed by atoms with E-state index in [0.717, 1.165) is 16.7 Å². The molecule has 1 N–H and O–H groups in total. The molecular weight excluding hydrogens is 973 g/mol. The van der Waals surface area contributed by atoms with Gasteiger partial charge in [-0.15, -0.1) is 0 Å². The molecule has 2 heterocycles. The Morgan fingerprint density at radius 2 is 0.737 bits per heavy atom. The van der Waals surface area contributed by atoms with E-state index in [9.17, 15) is 24.3 Å². The van der Waals surface area contributed by atoms with Crippen molar-refractivity contribution in [3.63, 3.8) is 0 Å². The van der Waals surface area contributed by atoms with Gasteiger partial charge in [0.1, 0.15) is 37.1 Å². The molecule has 390 valence electrons. The molecule has 0 bridgehead atoms. The fourth-order valence-electron chi connectivity index (χ4n) is 8.76. The average molecular weight is 1030 g/mol. The maximum atomic E-state index is 14.4. The predicted molar refractivity (Wildman–Crippen MR) is 274 cm³/mol. The maximum absolute atomic E-state index is 14.4. The molecule has 0 amide bonds. The van der Waals surface area contributed by atoms with Crippen LogP contribution in [0.3, 0.4) is 0 Å². The summed E-state index contributed by atoms with van der Waals surface area (Å²) in [5.41, 5.74) is 3.04. The van der Waals surface area contributed by atoms with Crippen molar-refractivity contribution in [2.75, 3.05) is 13.2 Å². The van der Waals surface area contributed by atoms with Crippen molar-refractivity contribution in [1.29, 1.82) is 0 Å². The standard InChI is InChI=1S/C61H56O15/c62-56(44-28-14-4-15-29-44)70-40-49-51(73-57(63)45-30-16-5-17-31-45)53(74-58(64)46-32-18-6-19-33-46)55(75-59(65)47-34-20-7-21-35-47)61(72-49)76-54-52(69-38-43-26-12-3-13-27-43)50(68-37-42-24-10-2-11-25-42)48(71-60(54)66)39-67-36-41-22-8-1-9-23-41/h1-35,48-55,60-61,66H,36-40H2/t48-,49-,50-,51-,52+,53+,54-,55-,60+,61+/m1/s1. The second kappa shape index (κ2) is 26.6. The molecule has 15 heteroatoms. The lowest BCUT2D eigenvalue weighted by molar-refractivity contribution is -0.368. The monoisotopic (exact) mass is 1030 g/mol. The number of esters is 4. The summed E-state index contributed by atoms with van der Waals surface area (Å²) in [6, 6.07) is 60.6. The third-order valence-electron chi connectivity index (χ3n) is 12.6. The van der Waals surface area contributed by atoms with Gasteiger partial charge >= 0.3 is 23.9 Å². The van der Waals surface area contributed by atoms with Crippen LogP contribution >= 0.6 is 0 Å². The SMILES string of the molecule is O=C(OC[C@H]1O[C@@H](O[C@@H]2[C@@H](OCc3ccccc3)[C@H](OCc3ccccc3)[C@@H](COCc3ccccc3)O[C@@H]2O)[C@H](OC(=O)c2ccccc2)[C@@H](OC(=O)c2ccccc2)[C@@H]1OC(=O)c1ccccc1)c1ccccc1. The van der Waals surface area contributed by atoms with E-state index in [2.05, 4.69) is 0 Å². The van der Waals surface area contributed by atoms with Crippen molar-refractivity contribution in [3.8, 4) is 0 Å². The van der Waals surface area contributed by atoms with Crippen LogP contribution in [0.1, 0.15) is 58.1 Å². The van der Waals surface area contributed by atoms with E-state index >= 15 is 0 Å². The zero-order valence-electron chi connectivity index (χ0n) is 41.2. The van der Waals surface area contributed by atoms with E-state index in [0.29, 0.717) is 0 Å². The van der Waals surface area contributed by atoms with Gasteiger partial charge in [-0.05, 0) is 65.2 Å². The zero-order valence-corrected chi connectivity index (χ0v) is 41.2.